The molecule has 5 nitrogen and oxygen atoms in total. The summed E-state index contributed by atoms with van der Waals surface area (Å²) >= 11 is 0. The minimum Gasteiger partial charge on any atom is -0.337 e. The number of hydrogen-bond donors (Lipinski definition) is 0. The smallest absolute Gasteiger partial charge is 0.337 e. The van der Waals surface area contributed by atoms with Crippen molar-refractivity contribution in [2.24, 2.45) is 0 Å². The fourth-order valence-electron chi connectivity index (χ4n) is 4.47. The molecule has 0 bridgehead atoms. The van der Waals surface area contributed by atoms with Gasteiger partial charge in [-0.3, -0.25) is 14.4 Å². The van der Waals surface area contributed by atoms with Crippen molar-refractivity contribution in [1.29, 1.82) is 0 Å². The molecule has 0 aromatic heterocycles. The minimum atomic E-state index is -4.63. The van der Waals surface area contributed by atoms with Crippen LogP contribution in [0.1, 0.15) is 42.2 Å². The molecular weight excluding hydrogens is 469 g/mol. The summed E-state index contributed by atoms with van der Waals surface area (Å²) in [6, 6.07) is 21.3. The average Bonchev–Trinajstić information content (AvgIpc) is 2.87. The fourth-order valence-corrected chi connectivity index (χ4v) is 4.47. The number of carbonyl (C=O) groups is 3. The Kier molecular flexibility index (Phi) is 5.59. The number of alkyl halides is 3. The predicted octanol–water partition coefficient (Wildman–Crippen LogP) is 5.93. The molecule has 0 spiro atoms. The van der Waals surface area contributed by atoms with Crippen LogP contribution in [0.3, 0.4) is 0 Å². The Hall–Kier alpha value is -4.46. The molecule has 0 N–H and O–H groups in total. The van der Waals surface area contributed by atoms with E-state index < -0.39 is 23.6 Å². The molecule has 4 aromatic rings. The highest BCUT2D eigenvalue weighted by Crippen LogP contribution is 2.37. The first kappa shape index (κ1) is 23.3. The van der Waals surface area contributed by atoms with Crippen LogP contribution >= 0.6 is 0 Å². The Morgan fingerprint density at radius 3 is 2.19 bits per heavy atom. The number of amides is 3. The molecule has 1 heterocycles. The zero-order chi connectivity index (χ0) is 25.6. The van der Waals surface area contributed by atoms with Crippen LogP contribution < -0.4 is 4.90 Å². The van der Waals surface area contributed by atoms with Gasteiger partial charge in [-0.05, 0) is 47.3 Å². The van der Waals surface area contributed by atoms with Crippen molar-refractivity contribution in [2.75, 3.05) is 11.9 Å². The molecule has 1 aliphatic heterocycles. The Labute approximate surface area is 204 Å². The molecule has 0 saturated heterocycles. The first-order chi connectivity index (χ1) is 17.2. The van der Waals surface area contributed by atoms with Crippen molar-refractivity contribution in [3.63, 3.8) is 0 Å². The number of imide groups is 1. The second kappa shape index (κ2) is 8.64. The molecule has 0 unspecified atom stereocenters. The lowest BCUT2D eigenvalue weighted by molar-refractivity contribution is -0.137. The molecule has 3 amide bonds. The van der Waals surface area contributed by atoms with Gasteiger partial charge in [0.05, 0.1) is 11.3 Å². The Morgan fingerprint density at radius 2 is 1.50 bits per heavy atom. The summed E-state index contributed by atoms with van der Waals surface area (Å²) in [7, 11) is 1.66. The van der Waals surface area contributed by atoms with E-state index in [0.717, 1.165) is 28.7 Å². The molecule has 0 aliphatic carbocycles. The quantitative estimate of drug-likeness (QED) is 0.335. The first-order valence-electron chi connectivity index (χ1n) is 11.1. The van der Waals surface area contributed by atoms with Gasteiger partial charge in [0.1, 0.15) is 0 Å². The van der Waals surface area contributed by atoms with Gasteiger partial charge in [-0.25, -0.2) is 4.90 Å². The van der Waals surface area contributed by atoms with E-state index in [-0.39, 0.29) is 22.7 Å². The zero-order valence-electron chi connectivity index (χ0n) is 19.0. The maximum Gasteiger partial charge on any atom is 0.416 e. The van der Waals surface area contributed by atoms with Crippen LogP contribution in [0.5, 0.6) is 0 Å². The standard InChI is InChI=1S/C28H19F3N2O3/c1-32(16-17-7-3-2-4-8-17)25(34)21-13-14-23-24-20(21)11-6-12-22(24)26(35)33(27(23)36)19-10-5-9-18(15-19)28(29,30)31/h2-15H,16H2,1H3. The summed E-state index contributed by atoms with van der Waals surface area (Å²) in [5.74, 6) is -1.79. The van der Waals surface area contributed by atoms with Gasteiger partial charge < -0.3 is 4.90 Å². The van der Waals surface area contributed by atoms with Crippen molar-refractivity contribution in [2.45, 2.75) is 12.7 Å². The maximum absolute atomic E-state index is 13.4. The lowest BCUT2D eigenvalue weighted by Crippen LogP contribution is -2.40. The Morgan fingerprint density at radius 1 is 0.833 bits per heavy atom. The summed E-state index contributed by atoms with van der Waals surface area (Å²) in [6.45, 7) is 0.365. The number of anilines is 1. The molecule has 0 radical (unpaired) electrons. The fraction of sp³-hybridized carbons (Fsp3) is 0.107. The number of hydrogen-bond acceptors (Lipinski definition) is 3. The lowest BCUT2D eigenvalue weighted by atomic mass is 9.90. The average molecular weight is 488 g/mol. The van der Waals surface area contributed by atoms with E-state index in [0.29, 0.717) is 22.9 Å². The molecule has 0 atom stereocenters. The van der Waals surface area contributed by atoms with Gasteiger partial charge in [-0.15, -0.1) is 0 Å². The maximum atomic E-state index is 13.4. The van der Waals surface area contributed by atoms with Crippen LogP contribution in [0.25, 0.3) is 10.8 Å². The van der Waals surface area contributed by atoms with Crippen LogP contribution in [-0.2, 0) is 12.7 Å². The minimum absolute atomic E-state index is 0.139. The molecule has 4 aromatic carbocycles. The zero-order valence-corrected chi connectivity index (χ0v) is 19.0. The van der Waals surface area contributed by atoms with E-state index in [1.54, 1.807) is 24.1 Å². The van der Waals surface area contributed by atoms with Crippen molar-refractivity contribution < 1.29 is 27.6 Å². The molecule has 36 heavy (non-hydrogen) atoms. The van der Waals surface area contributed by atoms with E-state index in [4.69, 9.17) is 0 Å². The third-order valence-electron chi connectivity index (χ3n) is 6.18. The van der Waals surface area contributed by atoms with Crippen molar-refractivity contribution in [3.8, 4) is 0 Å². The SMILES string of the molecule is CN(Cc1ccccc1)C(=O)c1ccc2c3c(cccc13)C(=O)N(c1cccc(C(F)(F)F)c1)C2=O. The van der Waals surface area contributed by atoms with Crippen LogP contribution in [0.15, 0.2) is 84.9 Å². The third-order valence-corrected chi connectivity index (χ3v) is 6.18. The van der Waals surface area contributed by atoms with Gasteiger partial charge in [0.25, 0.3) is 17.7 Å². The van der Waals surface area contributed by atoms with Gasteiger partial charge in [-0.1, -0.05) is 48.5 Å². The molecule has 0 saturated carbocycles. The van der Waals surface area contributed by atoms with Crippen LogP contribution in [0.4, 0.5) is 18.9 Å². The highest BCUT2D eigenvalue weighted by atomic mass is 19.4. The van der Waals surface area contributed by atoms with Gasteiger partial charge in [-0.2, -0.15) is 13.2 Å². The summed E-state index contributed by atoms with van der Waals surface area (Å²) in [4.78, 5) is 42.3. The van der Waals surface area contributed by atoms with Crippen LogP contribution in [0, 0.1) is 0 Å². The van der Waals surface area contributed by atoms with Crippen molar-refractivity contribution in [3.05, 3.63) is 113 Å². The van der Waals surface area contributed by atoms with E-state index in [2.05, 4.69) is 0 Å². The first-order valence-corrected chi connectivity index (χ1v) is 11.1. The second-order valence-electron chi connectivity index (χ2n) is 8.53. The predicted molar refractivity (Wildman–Crippen MR) is 129 cm³/mol. The second-order valence-corrected chi connectivity index (χ2v) is 8.53. The number of nitrogens with zero attached hydrogens (tertiary/aromatic N) is 2. The van der Waals surface area contributed by atoms with Gasteiger partial charge >= 0.3 is 6.18 Å². The van der Waals surface area contributed by atoms with Crippen LogP contribution in [0.2, 0.25) is 0 Å². The normalized spacial score (nSPS) is 13.3. The molecular formula is C28H19F3N2O3. The molecule has 5 rings (SSSR count). The summed E-state index contributed by atoms with van der Waals surface area (Å²) in [6.07, 6.45) is -4.63. The van der Waals surface area contributed by atoms with Crippen LogP contribution in [-0.4, -0.2) is 29.7 Å². The van der Waals surface area contributed by atoms with Gasteiger partial charge in [0, 0.05) is 35.7 Å². The molecule has 180 valence electrons. The van der Waals surface area contributed by atoms with E-state index in [9.17, 15) is 27.6 Å². The monoisotopic (exact) mass is 488 g/mol. The number of rotatable bonds is 4. The topological polar surface area (TPSA) is 57.7 Å². The van der Waals surface area contributed by atoms with E-state index >= 15 is 0 Å². The summed E-state index contributed by atoms with van der Waals surface area (Å²) in [5, 5.41) is 0.745. The highest BCUT2D eigenvalue weighted by molar-refractivity contribution is 6.36. The number of halogens is 3. The molecule has 0 fully saturated rings. The molecule has 1 aliphatic rings. The Balaban J connectivity index is 1.56. The summed E-state index contributed by atoms with van der Waals surface area (Å²) in [5.41, 5.74) is 0.400. The Bertz CT molecular complexity index is 1510. The number of benzene rings is 4. The van der Waals surface area contributed by atoms with E-state index in [1.807, 2.05) is 30.3 Å². The van der Waals surface area contributed by atoms with Crippen molar-refractivity contribution >= 4 is 34.2 Å². The van der Waals surface area contributed by atoms with Gasteiger partial charge in [0.15, 0.2) is 0 Å². The summed E-state index contributed by atoms with van der Waals surface area (Å²) < 4.78 is 39.8. The third kappa shape index (κ3) is 3.90. The molecule has 8 heteroatoms. The van der Waals surface area contributed by atoms with E-state index in [1.165, 1.54) is 24.3 Å². The largest absolute Gasteiger partial charge is 0.416 e. The van der Waals surface area contributed by atoms with Gasteiger partial charge in [0.2, 0.25) is 0 Å². The number of carbonyl (C=O) groups excluding carboxylic acids is 3. The lowest BCUT2D eigenvalue weighted by Gasteiger charge is -2.28. The van der Waals surface area contributed by atoms with Crippen molar-refractivity contribution in [1.82, 2.24) is 4.90 Å². The highest BCUT2D eigenvalue weighted by Gasteiger charge is 2.37.